The van der Waals surface area contributed by atoms with Gasteiger partial charge < -0.3 is 10.3 Å². The highest BCUT2D eigenvalue weighted by atomic mass is 32.1. The van der Waals surface area contributed by atoms with Crippen molar-refractivity contribution in [3.8, 4) is 5.00 Å². The molecule has 4 heteroatoms. The van der Waals surface area contributed by atoms with Gasteiger partial charge in [0.1, 0.15) is 5.00 Å². The summed E-state index contributed by atoms with van der Waals surface area (Å²) in [7, 11) is 0. The summed E-state index contributed by atoms with van der Waals surface area (Å²) in [5.74, 6) is 0. The Hall–Kier alpha value is -1.10. The Labute approximate surface area is 125 Å². The second-order valence-electron chi connectivity index (χ2n) is 6.11. The summed E-state index contributed by atoms with van der Waals surface area (Å²) in [5.41, 5.74) is 9.02. The maximum atomic E-state index is 6.48. The van der Waals surface area contributed by atoms with E-state index in [1.165, 1.54) is 21.0 Å². The van der Waals surface area contributed by atoms with E-state index in [1.807, 2.05) is 11.3 Å². The zero-order valence-corrected chi connectivity index (χ0v) is 13.3. The van der Waals surface area contributed by atoms with E-state index >= 15 is 0 Å². The van der Waals surface area contributed by atoms with Crippen LogP contribution in [0.2, 0.25) is 0 Å². The maximum Gasteiger partial charge on any atom is 0.105 e. The second kappa shape index (κ2) is 5.02. The molecule has 1 aliphatic heterocycles. The van der Waals surface area contributed by atoms with Crippen LogP contribution in [-0.4, -0.2) is 22.6 Å². The van der Waals surface area contributed by atoms with Crippen molar-refractivity contribution in [3.05, 3.63) is 40.5 Å². The summed E-state index contributed by atoms with van der Waals surface area (Å²) in [5, 5.41) is 1.30. The lowest BCUT2D eigenvalue weighted by atomic mass is 9.89. The average molecular weight is 289 g/mol. The van der Waals surface area contributed by atoms with Crippen LogP contribution < -0.4 is 5.73 Å². The van der Waals surface area contributed by atoms with E-state index in [9.17, 15) is 0 Å². The van der Waals surface area contributed by atoms with E-state index in [0.717, 1.165) is 26.1 Å². The van der Waals surface area contributed by atoms with Crippen LogP contribution in [0.15, 0.2) is 24.5 Å². The molecule has 2 N–H and O–H groups in total. The lowest BCUT2D eigenvalue weighted by molar-refractivity contribution is 0.270. The minimum Gasteiger partial charge on any atom is -0.322 e. The van der Waals surface area contributed by atoms with Crippen LogP contribution in [0.1, 0.15) is 36.8 Å². The number of aromatic nitrogens is 1. The van der Waals surface area contributed by atoms with Crippen molar-refractivity contribution >= 4 is 11.3 Å². The standard InChI is InChI=1S/C16H23N3S/c1-4-18-10-7-12-13(11-18)20-15(14(12)16(2,3)17)19-8-5-6-9-19/h5-6,8-9H,4,7,10-11,17H2,1-3H3. The van der Waals surface area contributed by atoms with Crippen molar-refractivity contribution in [2.75, 3.05) is 13.1 Å². The van der Waals surface area contributed by atoms with E-state index in [4.69, 9.17) is 5.73 Å². The van der Waals surface area contributed by atoms with Gasteiger partial charge in [0.05, 0.1) is 0 Å². The molecular formula is C16H23N3S. The van der Waals surface area contributed by atoms with Gasteiger partial charge in [0, 0.05) is 41.5 Å². The molecule has 0 spiro atoms. The molecule has 0 amide bonds. The third-order valence-electron chi connectivity index (χ3n) is 4.05. The number of hydrogen-bond acceptors (Lipinski definition) is 3. The number of nitrogens with zero attached hydrogens (tertiary/aromatic N) is 2. The quantitative estimate of drug-likeness (QED) is 0.942. The molecule has 3 heterocycles. The van der Waals surface area contributed by atoms with Crippen LogP contribution in [0.4, 0.5) is 0 Å². The largest absolute Gasteiger partial charge is 0.322 e. The summed E-state index contributed by atoms with van der Waals surface area (Å²) in [6.07, 6.45) is 5.35. The molecule has 2 aromatic heterocycles. The van der Waals surface area contributed by atoms with Gasteiger partial charge in [-0.3, -0.25) is 4.90 Å². The highest BCUT2D eigenvalue weighted by molar-refractivity contribution is 7.15. The van der Waals surface area contributed by atoms with Gasteiger partial charge in [-0.2, -0.15) is 0 Å². The predicted octanol–water partition coefficient (Wildman–Crippen LogP) is 3.11. The minimum atomic E-state index is -0.294. The van der Waals surface area contributed by atoms with Gasteiger partial charge in [-0.25, -0.2) is 0 Å². The van der Waals surface area contributed by atoms with Crippen molar-refractivity contribution in [3.63, 3.8) is 0 Å². The van der Waals surface area contributed by atoms with Crippen LogP contribution in [0.5, 0.6) is 0 Å². The van der Waals surface area contributed by atoms with Crippen molar-refractivity contribution < 1.29 is 0 Å². The molecule has 2 aromatic rings. The molecule has 0 fully saturated rings. The Morgan fingerprint density at radius 3 is 2.60 bits per heavy atom. The Morgan fingerprint density at radius 1 is 1.30 bits per heavy atom. The topological polar surface area (TPSA) is 34.2 Å². The molecule has 0 aromatic carbocycles. The minimum absolute atomic E-state index is 0.294. The number of fused-ring (bicyclic) bond motifs is 1. The number of hydrogen-bond donors (Lipinski definition) is 1. The van der Waals surface area contributed by atoms with Crippen LogP contribution in [0.3, 0.4) is 0 Å². The molecule has 1 aliphatic rings. The van der Waals surface area contributed by atoms with Crippen LogP contribution in [-0.2, 0) is 18.5 Å². The van der Waals surface area contributed by atoms with Crippen molar-refractivity contribution in [2.24, 2.45) is 5.73 Å². The molecule has 0 aliphatic carbocycles. The number of thiophene rings is 1. The van der Waals surface area contributed by atoms with Crippen molar-refractivity contribution in [1.82, 2.24) is 9.47 Å². The summed E-state index contributed by atoms with van der Waals surface area (Å²) in [6, 6.07) is 4.15. The van der Waals surface area contributed by atoms with Crippen molar-refractivity contribution in [1.29, 1.82) is 0 Å². The van der Waals surface area contributed by atoms with Gasteiger partial charge in [-0.1, -0.05) is 6.92 Å². The molecule has 0 unspecified atom stereocenters. The first-order valence-corrected chi connectivity index (χ1v) is 8.12. The van der Waals surface area contributed by atoms with Gasteiger partial charge >= 0.3 is 0 Å². The molecule has 0 saturated carbocycles. The Balaban J connectivity index is 2.13. The summed E-state index contributed by atoms with van der Waals surface area (Å²) in [6.45, 7) is 9.81. The maximum absolute atomic E-state index is 6.48. The average Bonchev–Trinajstić information content (AvgIpc) is 3.03. The number of rotatable bonds is 3. The number of likely N-dealkylation sites (N-methyl/N-ethyl adjacent to an activating group) is 1. The normalized spacial score (nSPS) is 16.4. The Morgan fingerprint density at radius 2 is 2.00 bits per heavy atom. The van der Waals surface area contributed by atoms with E-state index in [-0.39, 0.29) is 5.54 Å². The molecule has 0 radical (unpaired) electrons. The van der Waals surface area contributed by atoms with Crippen LogP contribution >= 0.6 is 11.3 Å². The van der Waals surface area contributed by atoms with Gasteiger partial charge in [0.25, 0.3) is 0 Å². The van der Waals surface area contributed by atoms with Gasteiger partial charge in [-0.05, 0) is 44.5 Å². The molecule has 0 atom stereocenters. The fourth-order valence-corrected chi connectivity index (χ4v) is 4.55. The Bertz CT molecular complexity index is 590. The van der Waals surface area contributed by atoms with Crippen molar-refractivity contribution in [2.45, 2.75) is 39.3 Å². The van der Waals surface area contributed by atoms with Crippen LogP contribution in [0.25, 0.3) is 5.00 Å². The number of nitrogens with two attached hydrogens (primary N) is 1. The second-order valence-corrected chi connectivity index (χ2v) is 7.20. The fourth-order valence-electron chi connectivity index (χ4n) is 3.03. The summed E-state index contributed by atoms with van der Waals surface area (Å²) < 4.78 is 2.21. The molecule has 0 bridgehead atoms. The molecule has 20 heavy (non-hydrogen) atoms. The first kappa shape index (κ1) is 13.9. The third-order valence-corrected chi connectivity index (χ3v) is 5.28. The summed E-state index contributed by atoms with van der Waals surface area (Å²) >= 11 is 1.91. The molecular weight excluding hydrogens is 266 g/mol. The Kier molecular flexibility index (Phi) is 3.48. The lowest BCUT2D eigenvalue weighted by Gasteiger charge is -2.28. The molecule has 108 valence electrons. The first-order valence-electron chi connectivity index (χ1n) is 7.30. The zero-order chi connectivity index (χ0) is 14.3. The monoisotopic (exact) mass is 289 g/mol. The molecule has 0 saturated heterocycles. The van der Waals surface area contributed by atoms with E-state index in [1.54, 1.807) is 0 Å². The van der Waals surface area contributed by atoms with Gasteiger partial charge in [0.2, 0.25) is 0 Å². The fraction of sp³-hybridized carbons (Fsp3) is 0.500. The molecule has 3 nitrogen and oxygen atoms in total. The van der Waals surface area contributed by atoms with Gasteiger partial charge in [0.15, 0.2) is 0 Å². The zero-order valence-electron chi connectivity index (χ0n) is 12.5. The SMILES string of the molecule is CCN1CCc2c(sc(-n3cccc3)c2C(C)(C)N)C1. The summed E-state index contributed by atoms with van der Waals surface area (Å²) in [4.78, 5) is 4.00. The van der Waals surface area contributed by atoms with Gasteiger partial charge in [-0.15, -0.1) is 11.3 Å². The van der Waals surface area contributed by atoms with E-state index in [2.05, 4.69) is 54.8 Å². The smallest absolute Gasteiger partial charge is 0.105 e. The lowest BCUT2D eigenvalue weighted by Crippen LogP contribution is -2.34. The van der Waals surface area contributed by atoms with Crippen LogP contribution in [0, 0.1) is 0 Å². The third kappa shape index (κ3) is 2.32. The van der Waals surface area contributed by atoms with E-state index in [0.29, 0.717) is 0 Å². The predicted molar refractivity (Wildman–Crippen MR) is 85.5 cm³/mol. The highest BCUT2D eigenvalue weighted by Gasteiger charge is 2.30. The first-order chi connectivity index (χ1) is 9.50. The highest BCUT2D eigenvalue weighted by Crippen LogP contribution is 2.40. The molecule has 3 rings (SSSR count). The van der Waals surface area contributed by atoms with E-state index < -0.39 is 0 Å².